The molecule has 0 aromatic carbocycles. The fourth-order valence-corrected chi connectivity index (χ4v) is 3.41. The number of amides is 1. The van der Waals surface area contributed by atoms with Crippen LogP contribution in [0.5, 0.6) is 0 Å². The molecule has 0 unspecified atom stereocenters. The summed E-state index contributed by atoms with van der Waals surface area (Å²) in [5.41, 5.74) is 1.03. The third kappa shape index (κ3) is 4.43. The number of anilines is 1. The van der Waals surface area contributed by atoms with E-state index in [0.29, 0.717) is 26.6 Å². The number of hydrogen-bond donors (Lipinski definition) is 1. The topological polar surface area (TPSA) is 42.0 Å². The molecule has 0 spiro atoms. The van der Waals surface area contributed by atoms with Crippen molar-refractivity contribution < 1.29 is 4.79 Å². The molecule has 2 rings (SSSR count). The molecule has 3 nitrogen and oxygen atoms in total. The van der Waals surface area contributed by atoms with Gasteiger partial charge in [-0.25, -0.2) is 4.98 Å². The predicted molar refractivity (Wildman–Crippen MR) is 90.5 cm³/mol. The van der Waals surface area contributed by atoms with E-state index in [0.717, 1.165) is 25.7 Å². The van der Waals surface area contributed by atoms with Gasteiger partial charge in [0, 0.05) is 5.92 Å². The highest BCUT2D eigenvalue weighted by Gasteiger charge is 2.32. The van der Waals surface area contributed by atoms with E-state index >= 15 is 0 Å². The molecule has 1 aliphatic rings. The SMILES string of the molecule is CC(C)(C)C1CCC(C(=O)Nc2cnc(Cl)c(Br)c2)CC1. The summed E-state index contributed by atoms with van der Waals surface area (Å²) in [6.45, 7) is 6.86. The van der Waals surface area contributed by atoms with Crippen LogP contribution in [0.2, 0.25) is 5.15 Å². The summed E-state index contributed by atoms with van der Waals surface area (Å²) in [6.07, 6.45) is 5.78. The third-order valence-corrected chi connectivity index (χ3v) is 5.52. The first-order valence-electron chi connectivity index (χ1n) is 7.39. The lowest BCUT2D eigenvalue weighted by atomic mass is 9.69. The molecular weight excluding hydrogens is 352 g/mol. The number of nitrogens with zero attached hydrogens (tertiary/aromatic N) is 1. The van der Waals surface area contributed by atoms with Crippen molar-refractivity contribution in [2.45, 2.75) is 46.5 Å². The van der Waals surface area contributed by atoms with Gasteiger partial charge in [0.25, 0.3) is 0 Å². The van der Waals surface area contributed by atoms with Crippen molar-refractivity contribution >= 4 is 39.1 Å². The molecule has 1 aliphatic carbocycles. The first-order chi connectivity index (χ1) is 9.77. The number of aromatic nitrogens is 1. The summed E-state index contributed by atoms with van der Waals surface area (Å²) in [5, 5.41) is 3.34. The minimum absolute atomic E-state index is 0.0957. The molecule has 0 radical (unpaired) electrons. The summed E-state index contributed by atoms with van der Waals surface area (Å²) in [6, 6.07) is 1.79. The van der Waals surface area contributed by atoms with E-state index in [1.54, 1.807) is 12.3 Å². The first kappa shape index (κ1) is 16.8. The van der Waals surface area contributed by atoms with E-state index in [9.17, 15) is 4.79 Å². The summed E-state index contributed by atoms with van der Waals surface area (Å²) in [7, 11) is 0. The Morgan fingerprint density at radius 1 is 1.33 bits per heavy atom. The Hall–Kier alpha value is -0.610. The van der Waals surface area contributed by atoms with Gasteiger partial charge in [-0.1, -0.05) is 32.4 Å². The summed E-state index contributed by atoms with van der Waals surface area (Å²) < 4.78 is 0.693. The van der Waals surface area contributed by atoms with Gasteiger partial charge in [0.15, 0.2) is 0 Å². The maximum absolute atomic E-state index is 12.3. The first-order valence-corrected chi connectivity index (χ1v) is 8.56. The van der Waals surface area contributed by atoms with E-state index in [2.05, 4.69) is 47.0 Å². The van der Waals surface area contributed by atoms with Crippen molar-refractivity contribution in [1.29, 1.82) is 0 Å². The molecular formula is C16H22BrClN2O. The zero-order valence-corrected chi connectivity index (χ0v) is 15.1. The predicted octanol–water partition coefficient (Wildman–Crippen LogP) is 5.29. The van der Waals surface area contributed by atoms with Crippen LogP contribution in [0, 0.1) is 17.3 Å². The molecule has 1 N–H and O–H groups in total. The lowest BCUT2D eigenvalue weighted by molar-refractivity contribution is -0.121. The van der Waals surface area contributed by atoms with Crippen molar-refractivity contribution in [1.82, 2.24) is 4.98 Å². The third-order valence-electron chi connectivity index (χ3n) is 4.39. The van der Waals surface area contributed by atoms with Crippen LogP contribution in [0.15, 0.2) is 16.7 Å². The van der Waals surface area contributed by atoms with Gasteiger partial charge in [-0.05, 0) is 59.0 Å². The lowest BCUT2D eigenvalue weighted by Gasteiger charge is -2.36. The van der Waals surface area contributed by atoms with Crippen LogP contribution in [-0.4, -0.2) is 10.9 Å². The van der Waals surface area contributed by atoms with E-state index in [-0.39, 0.29) is 11.8 Å². The minimum atomic E-state index is 0.0957. The number of pyridine rings is 1. The Morgan fingerprint density at radius 2 is 1.95 bits per heavy atom. The van der Waals surface area contributed by atoms with Crippen LogP contribution in [0.25, 0.3) is 0 Å². The normalized spacial score (nSPS) is 22.9. The number of carbonyl (C=O) groups excluding carboxylic acids is 1. The molecule has 1 aromatic heterocycles. The molecule has 0 atom stereocenters. The van der Waals surface area contributed by atoms with Crippen molar-refractivity contribution in [3.05, 3.63) is 21.9 Å². The highest BCUT2D eigenvalue weighted by Crippen LogP contribution is 2.40. The quantitative estimate of drug-likeness (QED) is 0.716. The lowest BCUT2D eigenvalue weighted by Crippen LogP contribution is -2.31. The Labute approximate surface area is 140 Å². The fraction of sp³-hybridized carbons (Fsp3) is 0.625. The number of nitrogens with one attached hydrogen (secondary N) is 1. The minimum Gasteiger partial charge on any atom is -0.324 e. The van der Waals surface area contributed by atoms with Gasteiger partial charge >= 0.3 is 0 Å². The fourth-order valence-electron chi connectivity index (χ4n) is 2.96. The molecule has 1 aromatic rings. The molecule has 1 fully saturated rings. The maximum Gasteiger partial charge on any atom is 0.227 e. The molecule has 0 bridgehead atoms. The number of carbonyl (C=O) groups is 1. The Kier molecular flexibility index (Phi) is 5.31. The molecule has 116 valence electrons. The van der Waals surface area contributed by atoms with Crippen molar-refractivity contribution in [3.63, 3.8) is 0 Å². The standard InChI is InChI=1S/C16H22BrClN2O/c1-16(2,3)11-6-4-10(5-7-11)15(21)20-12-8-13(17)14(18)19-9-12/h8-11H,4-7H2,1-3H3,(H,20,21). The highest BCUT2D eigenvalue weighted by atomic mass is 79.9. The Morgan fingerprint density at radius 3 is 2.48 bits per heavy atom. The van der Waals surface area contributed by atoms with Gasteiger partial charge < -0.3 is 5.32 Å². The summed E-state index contributed by atoms with van der Waals surface area (Å²) in [5.74, 6) is 0.921. The van der Waals surface area contributed by atoms with Crippen molar-refractivity contribution in [3.8, 4) is 0 Å². The molecule has 1 amide bonds. The van der Waals surface area contributed by atoms with Gasteiger partial charge in [-0.3, -0.25) is 4.79 Å². The zero-order valence-electron chi connectivity index (χ0n) is 12.7. The van der Waals surface area contributed by atoms with Crippen LogP contribution in [0.3, 0.4) is 0 Å². The number of hydrogen-bond acceptors (Lipinski definition) is 2. The van der Waals surface area contributed by atoms with Gasteiger partial charge in [0.05, 0.1) is 16.4 Å². The van der Waals surface area contributed by atoms with Gasteiger partial charge in [-0.2, -0.15) is 0 Å². The summed E-state index contributed by atoms with van der Waals surface area (Å²) >= 11 is 9.17. The average Bonchev–Trinajstić information content (AvgIpc) is 2.42. The average molecular weight is 374 g/mol. The van der Waals surface area contributed by atoms with E-state index in [1.807, 2.05) is 0 Å². The second-order valence-electron chi connectivity index (χ2n) is 6.90. The molecule has 1 saturated carbocycles. The van der Waals surface area contributed by atoms with Crippen LogP contribution in [0.4, 0.5) is 5.69 Å². The Bertz CT molecular complexity index is 519. The molecule has 0 aliphatic heterocycles. The Balaban J connectivity index is 1.92. The van der Waals surface area contributed by atoms with Gasteiger partial charge in [0.1, 0.15) is 5.15 Å². The second-order valence-corrected chi connectivity index (χ2v) is 8.11. The van der Waals surface area contributed by atoms with E-state index < -0.39 is 0 Å². The molecule has 5 heteroatoms. The highest BCUT2D eigenvalue weighted by molar-refractivity contribution is 9.10. The monoisotopic (exact) mass is 372 g/mol. The summed E-state index contributed by atoms with van der Waals surface area (Å²) in [4.78, 5) is 16.4. The molecule has 21 heavy (non-hydrogen) atoms. The van der Waals surface area contributed by atoms with E-state index in [1.165, 1.54) is 0 Å². The number of rotatable bonds is 2. The number of halogens is 2. The molecule has 0 saturated heterocycles. The van der Waals surface area contributed by atoms with Gasteiger partial charge in [-0.15, -0.1) is 0 Å². The zero-order chi connectivity index (χ0) is 15.6. The van der Waals surface area contributed by atoms with Crippen LogP contribution in [-0.2, 0) is 4.79 Å². The smallest absolute Gasteiger partial charge is 0.227 e. The molecule has 1 heterocycles. The van der Waals surface area contributed by atoms with Gasteiger partial charge in [0.2, 0.25) is 5.91 Å². The second kappa shape index (κ2) is 6.66. The largest absolute Gasteiger partial charge is 0.324 e. The van der Waals surface area contributed by atoms with Crippen LogP contribution in [0.1, 0.15) is 46.5 Å². The maximum atomic E-state index is 12.3. The van der Waals surface area contributed by atoms with Crippen molar-refractivity contribution in [2.24, 2.45) is 17.3 Å². The van der Waals surface area contributed by atoms with Crippen molar-refractivity contribution in [2.75, 3.05) is 5.32 Å². The van der Waals surface area contributed by atoms with Crippen LogP contribution >= 0.6 is 27.5 Å². The van der Waals surface area contributed by atoms with Crippen LogP contribution < -0.4 is 5.32 Å². The van der Waals surface area contributed by atoms with E-state index in [4.69, 9.17) is 11.6 Å².